The van der Waals surface area contributed by atoms with E-state index in [2.05, 4.69) is 15.6 Å². The van der Waals surface area contributed by atoms with Crippen LogP contribution in [0.1, 0.15) is 5.56 Å². The summed E-state index contributed by atoms with van der Waals surface area (Å²) >= 11 is 0. The van der Waals surface area contributed by atoms with Crippen LogP contribution in [-0.2, 0) is 11.2 Å². The molecular formula is C19H18F3N3O. The summed E-state index contributed by atoms with van der Waals surface area (Å²) in [6.45, 7) is 0.488. The second-order valence-corrected chi connectivity index (χ2v) is 5.93. The zero-order valence-corrected chi connectivity index (χ0v) is 14.1. The van der Waals surface area contributed by atoms with Crippen LogP contribution in [0.3, 0.4) is 0 Å². The van der Waals surface area contributed by atoms with Crippen molar-refractivity contribution in [2.24, 2.45) is 0 Å². The van der Waals surface area contributed by atoms with Gasteiger partial charge in [-0.25, -0.2) is 13.2 Å². The maximum atomic E-state index is 14.2. The van der Waals surface area contributed by atoms with Crippen molar-refractivity contribution in [2.45, 2.75) is 6.42 Å². The third kappa shape index (κ3) is 3.72. The van der Waals surface area contributed by atoms with Crippen LogP contribution in [0, 0.1) is 17.5 Å². The minimum atomic E-state index is -0.700. The Labute approximate surface area is 148 Å². The van der Waals surface area contributed by atoms with Gasteiger partial charge in [-0.2, -0.15) is 0 Å². The van der Waals surface area contributed by atoms with E-state index in [-0.39, 0.29) is 23.8 Å². The molecule has 0 saturated heterocycles. The van der Waals surface area contributed by atoms with E-state index >= 15 is 0 Å². The molecule has 0 fully saturated rings. The van der Waals surface area contributed by atoms with Crippen molar-refractivity contribution >= 4 is 16.8 Å². The quantitative estimate of drug-likeness (QED) is 0.632. The Balaban J connectivity index is 2.01. The molecule has 2 aromatic carbocycles. The molecule has 1 aromatic heterocycles. The highest BCUT2D eigenvalue weighted by Crippen LogP contribution is 2.32. The molecule has 3 N–H and O–H groups in total. The van der Waals surface area contributed by atoms with Gasteiger partial charge < -0.3 is 15.6 Å². The van der Waals surface area contributed by atoms with Crippen LogP contribution >= 0.6 is 0 Å². The molecule has 0 saturated carbocycles. The lowest BCUT2D eigenvalue weighted by Crippen LogP contribution is -2.33. The summed E-state index contributed by atoms with van der Waals surface area (Å²) in [7, 11) is 1.66. The van der Waals surface area contributed by atoms with Crippen molar-refractivity contribution in [3.8, 4) is 11.3 Å². The maximum Gasteiger partial charge on any atom is 0.233 e. The van der Waals surface area contributed by atoms with Crippen LogP contribution in [0.4, 0.5) is 13.2 Å². The van der Waals surface area contributed by atoms with Gasteiger partial charge in [-0.15, -0.1) is 0 Å². The first-order valence-corrected chi connectivity index (χ1v) is 8.16. The van der Waals surface area contributed by atoms with Gasteiger partial charge in [0, 0.05) is 23.7 Å². The molecule has 0 spiro atoms. The van der Waals surface area contributed by atoms with E-state index in [1.807, 2.05) is 0 Å². The van der Waals surface area contributed by atoms with Crippen molar-refractivity contribution in [3.05, 3.63) is 59.4 Å². The minimum Gasteiger partial charge on any atom is -0.355 e. The number of hydrogen-bond donors (Lipinski definition) is 3. The van der Waals surface area contributed by atoms with Gasteiger partial charge in [-0.3, -0.25) is 4.79 Å². The number of rotatable bonds is 6. The van der Waals surface area contributed by atoms with E-state index < -0.39 is 11.6 Å². The number of likely N-dealkylation sites (N-methyl/N-ethyl adjacent to an activating group) is 1. The molecule has 3 aromatic rings. The van der Waals surface area contributed by atoms with Crippen molar-refractivity contribution in [2.75, 3.05) is 20.1 Å². The van der Waals surface area contributed by atoms with E-state index in [1.165, 1.54) is 18.2 Å². The van der Waals surface area contributed by atoms with Crippen molar-refractivity contribution in [1.29, 1.82) is 0 Å². The van der Waals surface area contributed by atoms with Gasteiger partial charge in [0.2, 0.25) is 5.91 Å². The molecule has 7 heteroatoms. The third-order valence-corrected chi connectivity index (χ3v) is 4.10. The Hall–Kier alpha value is -2.80. The average molecular weight is 361 g/mol. The molecule has 0 radical (unpaired) electrons. The summed E-state index contributed by atoms with van der Waals surface area (Å²) in [5.41, 5.74) is 2.07. The van der Waals surface area contributed by atoms with Crippen molar-refractivity contribution < 1.29 is 18.0 Å². The zero-order chi connectivity index (χ0) is 18.7. The van der Waals surface area contributed by atoms with Crippen LogP contribution in [0.25, 0.3) is 22.2 Å². The average Bonchev–Trinajstić information content (AvgIpc) is 2.95. The highest BCUT2D eigenvalue weighted by molar-refractivity contribution is 5.91. The van der Waals surface area contributed by atoms with Crippen LogP contribution in [0.15, 0.2) is 36.4 Å². The smallest absolute Gasteiger partial charge is 0.233 e. The first-order valence-electron chi connectivity index (χ1n) is 8.16. The Kier molecular flexibility index (Phi) is 5.27. The Morgan fingerprint density at radius 1 is 1.08 bits per heavy atom. The van der Waals surface area contributed by atoms with Crippen LogP contribution in [0.5, 0.6) is 0 Å². The monoisotopic (exact) mass is 361 g/mol. The van der Waals surface area contributed by atoms with Gasteiger partial charge in [-0.1, -0.05) is 0 Å². The van der Waals surface area contributed by atoms with Crippen molar-refractivity contribution in [1.82, 2.24) is 15.6 Å². The number of fused-ring (bicyclic) bond motifs is 1. The predicted molar refractivity (Wildman–Crippen MR) is 94.2 cm³/mol. The summed E-state index contributed by atoms with van der Waals surface area (Å²) in [5.74, 6) is -1.94. The molecule has 0 aliphatic heterocycles. The molecule has 1 amide bonds. The normalized spacial score (nSPS) is 11.1. The van der Waals surface area contributed by atoms with Crippen molar-refractivity contribution in [3.63, 3.8) is 0 Å². The number of benzene rings is 2. The molecule has 0 aliphatic carbocycles. The minimum absolute atomic E-state index is 0.173. The summed E-state index contributed by atoms with van der Waals surface area (Å²) in [5, 5.41) is 5.89. The summed E-state index contributed by atoms with van der Waals surface area (Å²) in [4.78, 5) is 14.6. The number of halogens is 3. The summed E-state index contributed by atoms with van der Waals surface area (Å²) < 4.78 is 41.1. The highest BCUT2D eigenvalue weighted by Gasteiger charge is 2.17. The first-order chi connectivity index (χ1) is 12.5. The molecule has 26 heavy (non-hydrogen) atoms. The number of carbonyl (C=O) groups is 1. The standard InChI is InChI=1S/C19H18F3N3O/c1-23-10-17(26)24-7-6-14-15-8-13(21)9-16(22)19(15)25-18(14)11-2-4-12(20)5-3-11/h2-5,8-9,23,25H,6-7,10H2,1H3,(H,24,26). The van der Waals surface area contributed by atoms with E-state index in [1.54, 1.807) is 19.2 Å². The van der Waals surface area contributed by atoms with E-state index in [0.29, 0.717) is 35.2 Å². The third-order valence-electron chi connectivity index (χ3n) is 4.10. The molecule has 1 heterocycles. The molecule has 3 rings (SSSR count). The molecule has 4 nitrogen and oxygen atoms in total. The Bertz CT molecular complexity index is 935. The fourth-order valence-corrected chi connectivity index (χ4v) is 2.95. The zero-order valence-electron chi connectivity index (χ0n) is 14.1. The first kappa shape index (κ1) is 18.0. The topological polar surface area (TPSA) is 56.9 Å². The van der Waals surface area contributed by atoms with Gasteiger partial charge in [0.05, 0.1) is 12.1 Å². The number of carbonyl (C=O) groups excluding carboxylic acids is 1. The Morgan fingerprint density at radius 3 is 2.50 bits per heavy atom. The Morgan fingerprint density at radius 2 is 1.81 bits per heavy atom. The molecule has 136 valence electrons. The van der Waals surface area contributed by atoms with Gasteiger partial charge in [0.15, 0.2) is 0 Å². The summed E-state index contributed by atoms with van der Waals surface area (Å²) in [6.07, 6.45) is 0.366. The second-order valence-electron chi connectivity index (χ2n) is 5.93. The lowest BCUT2D eigenvalue weighted by atomic mass is 10.0. The maximum absolute atomic E-state index is 14.2. The SMILES string of the molecule is CNCC(=O)NCCc1c(-c2ccc(F)cc2)[nH]c2c(F)cc(F)cc12. The van der Waals surface area contributed by atoms with Crippen LogP contribution in [0.2, 0.25) is 0 Å². The largest absolute Gasteiger partial charge is 0.355 e. The number of aromatic nitrogens is 1. The molecule has 0 unspecified atom stereocenters. The lowest BCUT2D eigenvalue weighted by molar-refractivity contribution is -0.120. The van der Waals surface area contributed by atoms with Gasteiger partial charge in [0.1, 0.15) is 17.5 Å². The molecule has 0 aliphatic rings. The van der Waals surface area contributed by atoms with Gasteiger partial charge >= 0.3 is 0 Å². The van der Waals surface area contributed by atoms with E-state index in [0.717, 1.165) is 6.07 Å². The van der Waals surface area contributed by atoms with Crippen LogP contribution in [-0.4, -0.2) is 31.0 Å². The van der Waals surface area contributed by atoms with Crippen LogP contribution < -0.4 is 10.6 Å². The number of H-pyrrole nitrogens is 1. The fourth-order valence-electron chi connectivity index (χ4n) is 2.95. The second kappa shape index (κ2) is 7.61. The number of amides is 1. The van der Waals surface area contributed by atoms with Gasteiger partial charge in [0.25, 0.3) is 0 Å². The predicted octanol–water partition coefficient (Wildman–Crippen LogP) is 3.13. The highest BCUT2D eigenvalue weighted by atomic mass is 19.1. The fraction of sp³-hybridized carbons (Fsp3) is 0.211. The van der Waals surface area contributed by atoms with Gasteiger partial charge in [-0.05, 0) is 54.9 Å². The molecule has 0 atom stereocenters. The molecular weight excluding hydrogens is 343 g/mol. The number of aromatic amines is 1. The molecule has 0 bridgehead atoms. The summed E-state index contributed by atoms with van der Waals surface area (Å²) in [6, 6.07) is 7.81. The van der Waals surface area contributed by atoms with E-state index in [4.69, 9.17) is 0 Å². The van der Waals surface area contributed by atoms with E-state index in [9.17, 15) is 18.0 Å². The number of nitrogens with one attached hydrogen (secondary N) is 3. The number of hydrogen-bond acceptors (Lipinski definition) is 2. The lowest BCUT2D eigenvalue weighted by Gasteiger charge is -2.07.